The predicted molar refractivity (Wildman–Crippen MR) is 86.6 cm³/mol. The lowest BCUT2D eigenvalue weighted by Gasteiger charge is -2.34. The van der Waals surface area contributed by atoms with Crippen LogP contribution >= 0.6 is 0 Å². The van der Waals surface area contributed by atoms with Crippen LogP contribution in [0, 0.1) is 0 Å². The van der Waals surface area contributed by atoms with E-state index in [1.807, 2.05) is 11.8 Å². The van der Waals surface area contributed by atoms with Gasteiger partial charge in [-0.3, -0.25) is 4.90 Å². The maximum Gasteiger partial charge on any atom is 0.409 e. The fourth-order valence-electron chi connectivity index (χ4n) is 2.99. The third-order valence-corrected chi connectivity index (χ3v) is 4.15. The van der Waals surface area contributed by atoms with E-state index >= 15 is 0 Å². The second-order valence-corrected chi connectivity index (χ2v) is 6.34. The van der Waals surface area contributed by atoms with E-state index in [-0.39, 0.29) is 6.09 Å². The highest BCUT2D eigenvalue weighted by molar-refractivity contribution is 5.67. The van der Waals surface area contributed by atoms with Gasteiger partial charge in [0.1, 0.15) is 0 Å². The lowest BCUT2D eigenvalue weighted by Crippen LogP contribution is -2.48. The van der Waals surface area contributed by atoms with Gasteiger partial charge in [-0.25, -0.2) is 4.79 Å². The molecule has 1 fully saturated rings. The van der Waals surface area contributed by atoms with E-state index in [0.717, 1.165) is 39.0 Å². The monoisotopic (exact) mass is 299 g/mol. The summed E-state index contributed by atoms with van der Waals surface area (Å²) >= 11 is 0. The van der Waals surface area contributed by atoms with Gasteiger partial charge in [0.15, 0.2) is 0 Å². The van der Waals surface area contributed by atoms with Crippen LogP contribution in [0.2, 0.25) is 0 Å². The summed E-state index contributed by atoms with van der Waals surface area (Å²) in [6.07, 6.45) is 1.87. The van der Waals surface area contributed by atoms with Crippen molar-refractivity contribution >= 4 is 6.09 Å². The smallest absolute Gasteiger partial charge is 0.409 e. The highest BCUT2D eigenvalue weighted by atomic mass is 16.6. The molecular formula is C16H33N3O2. The summed E-state index contributed by atoms with van der Waals surface area (Å²) in [5.41, 5.74) is 0. The van der Waals surface area contributed by atoms with E-state index in [1.165, 1.54) is 0 Å². The number of piperidine rings is 1. The molecule has 1 N–H and O–H groups in total. The zero-order valence-corrected chi connectivity index (χ0v) is 14.4. The molecule has 1 aliphatic rings. The summed E-state index contributed by atoms with van der Waals surface area (Å²) in [6, 6.07) is 1.69. The van der Waals surface area contributed by atoms with Crippen LogP contribution in [0.15, 0.2) is 0 Å². The molecule has 0 aromatic heterocycles. The topological polar surface area (TPSA) is 44.8 Å². The summed E-state index contributed by atoms with van der Waals surface area (Å²) in [4.78, 5) is 16.0. The Hall–Kier alpha value is -0.810. The summed E-state index contributed by atoms with van der Waals surface area (Å²) in [6.45, 7) is 15.0. The summed E-state index contributed by atoms with van der Waals surface area (Å²) in [7, 11) is 0. The maximum atomic E-state index is 11.6. The maximum absolute atomic E-state index is 11.6. The molecular weight excluding hydrogens is 266 g/mol. The van der Waals surface area contributed by atoms with Crippen molar-refractivity contribution in [1.29, 1.82) is 0 Å². The Morgan fingerprint density at radius 1 is 1.24 bits per heavy atom. The van der Waals surface area contributed by atoms with Crippen molar-refractivity contribution in [2.24, 2.45) is 0 Å². The zero-order valence-electron chi connectivity index (χ0n) is 14.4. The van der Waals surface area contributed by atoms with Crippen LogP contribution in [-0.4, -0.2) is 66.8 Å². The molecule has 21 heavy (non-hydrogen) atoms. The molecule has 5 heteroatoms. The van der Waals surface area contributed by atoms with Gasteiger partial charge < -0.3 is 15.0 Å². The Morgan fingerprint density at radius 2 is 1.81 bits per heavy atom. The number of ether oxygens (including phenoxy) is 1. The van der Waals surface area contributed by atoms with Crippen molar-refractivity contribution in [3.05, 3.63) is 0 Å². The summed E-state index contributed by atoms with van der Waals surface area (Å²) < 4.78 is 5.04. The quantitative estimate of drug-likeness (QED) is 0.783. The molecule has 0 aromatic rings. The molecule has 0 bridgehead atoms. The fourth-order valence-corrected chi connectivity index (χ4v) is 2.99. The van der Waals surface area contributed by atoms with Crippen LogP contribution in [0.5, 0.6) is 0 Å². The number of hydrogen-bond donors (Lipinski definition) is 1. The Kier molecular flexibility index (Phi) is 8.04. The Labute approximate surface area is 130 Å². The van der Waals surface area contributed by atoms with E-state index in [9.17, 15) is 4.79 Å². The fraction of sp³-hybridized carbons (Fsp3) is 0.938. The highest BCUT2D eigenvalue weighted by Crippen LogP contribution is 2.11. The molecule has 0 radical (unpaired) electrons. The SMILES string of the molecule is CCOC(=O)N1CCC(NCCN(C(C)C)C(C)C)CC1. The van der Waals surface area contributed by atoms with Crippen molar-refractivity contribution in [2.45, 2.75) is 65.6 Å². The summed E-state index contributed by atoms with van der Waals surface area (Å²) in [5.74, 6) is 0. The predicted octanol–water partition coefficient (Wildman–Crippen LogP) is 2.32. The molecule has 5 nitrogen and oxygen atoms in total. The number of amides is 1. The van der Waals surface area contributed by atoms with Gasteiger partial charge >= 0.3 is 6.09 Å². The molecule has 0 aromatic carbocycles. The van der Waals surface area contributed by atoms with Crippen LogP contribution in [0.3, 0.4) is 0 Å². The van der Waals surface area contributed by atoms with E-state index in [2.05, 4.69) is 37.9 Å². The lowest BCUT2D eigenvalue weighted by atomic mass is 10.1. The number of carbonyl (C=O) groups is 1. The van der Waals surface area contributed by atoms with Gasteiger partial charge in [0.05, 0.1) is 6.61 Å². The molecule has 1 saturated heterocycles. The first-order chi connectivity index (χ1) is 9.95. The third kappa shape index (κ3) is 6.22. The van der Waals surface area contributed by atoms with Gasteiger partial charge in [0, 0.05) is 44.3 Å². The first kappa shape index (κ1) is 18.2. The number of likely N-dealkylation sites (tertiary alicyclic amines) is 1. The molecule has 1 aliphatic heterocycles. The van der Waals surface area contributed by atoms with E-state index in [0.29, 0.717) is 24.7 Å². The summed E-state index contributed by atoms with van der Waals surface area (Å²) in [5, 5.41) is 3.63. The van der Waals surface area contributed by atoms with Crippen molar-refractivity contribution < 1.29 is 9.53 Å². The molecule has 1 amide bonds. The van der Waals surface area contributed by atoms with Crippen LogP contribution in [0.1, 0.15) is 47.5 Å². The van der Waals surface area contributed by atoms with Crippen molar-refractivity contribution in [3.8, 4) is 0 Å². The molecule has 0 saturated carbocycles. The van der Waals surface area contributed by atoms with Crippen LogP contribution in [0.25, 0.3) is 0 Å². The number of nitrogens with one attached hydrogen (secondary N) is 1. The molecule has 0 aliphatic carbocycles. The third-order valence-electron chi connectivity index (χ3n) is 4.15. The average molecular weight is 299 g/mol. The molecule has 0 atom stereocenters. The van der Waals surface area contributed by atoms with Crippen LogP contribution < -0.4 is 5.32 Å². The molecule has 0 unspecified atom stereocenters. The molecule has 1 rings (SSSR count). The standard InChI is InChI=1S/C16H33N3O2/c1-6-21-16(20)18-10-7-15(8-11-18)17-9-12-19(13(2)3)14(4)5/h13-15,17H,6-12H2,1-5H3. The second kappa shape index (κ2) is 9.26. The average Bonchev–Trinajstić information content (AvgIpc) is 2.43. The van der Waals surface area contributed by atoms with Gasteiger partial charge in [-0.05, 0) is 47.5 Å². The largest absolute Gasteiger partial charge is 0.450 e. The second-order valence-electron chi connectivity index (χ2n) is 6.34. The van der Waals surface area contributed by atoms with Crippen molar-refractivity contribution in [2.75, 3.05) is 32.8 Å². The highest BCUT2D eigenvalue weighted by Gasteiger charge is 2.23. The Bertz CT molecular complexity index is 292. The number of nitrogens with zero attached hydrogens (tertiary/aromatic N) is 2. The minimum Gasteiger partial charge on any atom is -0.450 e. The Balaban J connectivity index is 2.22. The van der Waals surface area contributed by atoms with Gasteiger partial charge in [-0.1, -0.05) is 0 Å². The van der Waals surface area contributed by atoms with Gasteiger partial charge in [-0.2, -0.15) is 0 Å². The van der Waals surface area contributed by atoms with Crippen LogP contribution in [0.4, 0.5) is 4.79 Å². The van der Waals surface area contributed by atoms with E-state index in [1.54, 1.807) is 0 Å². The molecule has 124 valence electrons. The lowest BCUT2D eigenvalue weighted by molar-refractivity contribution is 0.0943. The Morgan fingerprint density at radius 3 is 2.29 bits per heavy atom. The molecule has 1 heterocycles. The number of rotatable bonds is 7. The van der Waals surface area contributed by atoms with Crippen molar-refractivity contribution in [1.82, 2.24) is 15.1 Å². The van der Waals surface area contributed by atoms with Gasteiger partial charge in [0.2, 0.25) is 0 Å². The number of carbonyl (C=O) groups excluding carboxylic acids is 1. The normalized spacial score (nSPS) is 17.0. The van der Waals surface area contributed by atoms with Crippen LogP contribution in [-0.2, 0) is 4.74 Å². The van der Waals surface area contributed by atoms with Gasteiger partial charge in [-0.15, -0.1) is 0 Å². The van der Waals surface area contributed by atoms with Crippen molar-refractivity contribution in [3.63, 3.8) is 0 Å². The molecule has 0 spiro atoms. The van der Waals surface area contributed by atoms with E-state index in [4.69, 9.17) is 4.74 Å². The first-order valence-corrected chi connectivity index (χ1v) is 8.36. The zero-order chi connectivity index (χ0) is 15.8. The van der Waals surface area contributed by atoms with E-state index < -0.39 is 0 Å². The van der Waals surface area contributed by atoms with Gasteiger partial charge in [0.25, 0.3) is 0 Å². The first-order valence-electron chi connectivity index (χ1n) is 8.36. The number of hydrogen-bond acceptors (Lipinski definition) is 4. The minimum atomic E-state index is -0.165. The minimum absolute atomic E-state index is 0.165.